The standard InChI is InChI=1S/C16H19ClN2O2/c1-3-19-16(12-8-15(20-2)10-18-9-12)11-21-14-6-4-13(17)5-7-14/h4-10,16,19H,3,11H2,1-2H3. The highest BCUT2D eigenvalue weighted by atomic mass is 35.5. The zero-order valence-electron chi connectivity index (χ0n) is 12.2. The van der Waals surface area contributed by atoms with Gasteiger partial charge in [-0.1, -0.05) is 18.5 Å². The van der Waals surface area contributed by atoms with E-state index in [1.54, 1.807) is 13.3 Å². The molecule has 0 aliphatic rings. The smallest absolute Gasteiger partial charge is 0.137 e. The Labute approximate surface area is 130 Å². The predicted octanol–water partition coefficient (Wildman–Crippen LogP) is 3.47. The Hall–Kier alpha value is -1.78. The third-order valence-electron chi connectivity index (χ3n) is 3.05. The summed E-state index contributed by atoms with van der Waals surface area (Å²) in [4.78, 5) is 4.19. The average molecular weight is 307 g/mol. The Morgan fingerprint density at radius 2 is 1.95 bits per heavy atom. The van der Waals surface area contributed by atoms with Crippen LogP contribution in [0, 0.1) is 0 Å². The van der Waals surface area contributed by atoms with Crippen molar-refractivity contribution in [3.8, 4) is 11.5 Å². The van der Waals surface area contributed by atoms with Crippen LogP contribution in [-0.4, -0.2) is 25.2 Å². The quantitative estimate of drug-likeness (QED) is 0.850. The Morgan fingerprint density at radius 1 is 1.19 bits per heavy atom. The van der Waals surface area contributed by atoms with Gasteiger partial charge in [0.25, 0.3) is 0 Å². The van der Waals surface area contributed by atoms with Gasteiger partial charge in [0.15, 0.2) is 0 Å². The summed E-state index contributed by atoms with van der Waals surface area (Å²) in [5.41, 5.74) is 1.03. The van der Waals surface area contributed by atoms with Gasteiger partial charge < -0.3 is 14.8 Å². The lowest BCUT2D eigenvalue weighted by Crippen LogP contribution is -2.26. The number of hydrogen-bond donors (Lipinski definition) is 1. The summed E-state index contributed by atoms with van der Waals surface area (Å²) in [6, 6.07) is 9.35. The van der Waals surface area contributed by atoms with E-state index in [0.717, 1.165) is 23.6 Å². The van der Waals surface area contributed by atoms with Crippen molar-refractivity contribution in [1.82, 2.24) is 10.3 Å². The van der Waals surface area contributed by atoms with E-state index >= 15 is 0 Å². The SMILES string of the molecule is CCNC(COc1ccc(Cl)cc1)c1cncc(OC)c1. The van der Waals surface area contributed by atoms with Crippen LogP contribution in [0.2, 0.25) is 5.02 Å². The lowest BCUT2D eigenvalue weighted by molar-refractivity contribution is 0.267. The van der Waals surface area contributed by atoms with E-state index < -0.39 is 0 Å². The molecule has 5 heteroatoms. The third-order valence-corrected chi connectivity index (χ3v) is 3.31. The molecule has 1 aromatic heterocycles. The molecule has 4 nitrogen and oxygen atoms in total. The number of benzene rings is 1. The van der Waals surface area contributed by atoms with Crippen LogP contribution in [0.15, 0.2) is 42.7 Å². The highest BCUT2D eigenvalue weighted by molar-refractivity contribution is 6.30. The Balaban J connectivity index is 2.05. The van der Waals surface area contributed by atoms with Crippen molar-refractivity contribution in [1.29, 1.82) is 0 Å². The van der Waals surface area contributed by atoms with Crippen molar-refractivity contribution in [3.05, 3.63) is 53.3 Å². The molecule has 0 spiro atoms. The molecule has 112 valence electrons. The molecule has 1 N–H and O–H groups in total. The normalized spacial score (nSPS) is 12.0. The number of aromatic nitrogens is 1. The highest BCUT2D eigenvalue weighted by Crippen LogP contribution is 2.20. The number of nitrogens with zero attached hydrogens (tertiary/aromatic N) is 1. The first-order valence-electron chi connectivity index (χ1n) is 6.83. The molecule has 2 aromatic rings. The van der Waals surface area contributed by atoms with Crippen LogP contribution >= 0.6 is 11.6 Å². The van der Waals surface area contributed by atoms with E-state index in [9.17, 15) is 0 Å². The van der Waals surface area contributed by atoms with E-state index in [1.807, 2.05) is 36.5 Å². The van der Waals surface area contributed by atoms with E-state index in [-0.39, 0.29) is 6.04 Å². The average Bonchev–Trinajstić information content (AvgIpc) is 2.53. The highest BCUT2D eigenvalue weighted by Gasteiger charge is 2.12. The van der Waals surface area contributed by atoms with Gasteiger partial charge in [0, 0.05) is 11.2 Å². The van der Waals surface area contributed by atoms with Crippen LogP contribution in [0.25, 0.3) is 0 Å². The molecular weight excluding hydrogens is 288 g/mol. The van der Waals surface area contributed by atoms with Crippen LogP contribution in [0.3, 0.4) is 0 Å². The molecule has 0 aliphatic carbocycles. The lowest BCUT2D eigenvalue weighted by Gasteiger charge is -2.19. The van der Waals surface area contributed by atoms with Crippen molar-refractivity contribution in [2.75, 3.05) is 20.3 Å². The first-order valence-corrected chi connectivity index (χ1v) is 7.21. The zero-order chi connectivity index (χ0) is 15.1. The molecule has 0 saturated heterocycles. The fourth-order valence-electron chi connectivity index (χ4n) is 1.97. The summed E-state index contributed by atoms with van der Waals surface area (Å²) < 4.78 is 11.0. The molecule has 2 rings (SSSR count). The molecular formula is C16H19ClN2O2. The molecule has 1 unspecified atom stereocenters. The van der Waals surface area contributed by atoms with Gasteiger partial charge >= 0.3 is 0 Å². The summed E-state index contributed by atoms with van der Waals surface area (Å²) in [6.07, 6.45) is 3.51. The van der Waals surface area contributed by atoms with Crippen molar-refractivity contribution >= 4 is 11.6 Å². The van der Waals surface area contributed by atoms with Crippen LogP contribution < -0.4 is 14.8 Å². The van der Waals surface area contributed by atoms with E-state index in [4.69, 9.17) is 21.1 Å². The van der Waals surface area contributed by atoms with Gasteiger partial charge in [0.1, 0.15) is 18.1 Å². The van der Waals surface area contributed by atoms with Gasteiger partial charge in [-0.05, 0) is 42.4 Å². The first-order chi connectivity index (χ1) is 10.2. The second-order valence-electron chi connectivity index (χ2n) is 4.53. The number of likely N-dealkylation sites (N-methyl/N-ethyl adjacent to an activating group) is 1. The molecule has 21 heavy (non-hydrogen) atoms. The number of pyridine rings is 1. The number of methoxy groups -OCH3 is 1. The van der Waals surface area contributed by atoms with Gasteiger partial charge in [0.05, 0.1) is 19.3 Å². The Bertz CT molecular complexity index is 560. The fourth-order valence-corrected chi connectivity index (χ4v) is 2.09. The molecule has 0 bridgehead atoms. The number of hydrogen-bond acceptors (Lipinski definition) is 4. The minimum Gasteiger partial charge on any atom is -0.495 e. The second kappa shape index (κ2) is 7.86. The predicted molar refractivity (Wildman–Crippen MR) is 84.2 cm³/mol. The van der Waals surface area contributed by atoms with Gasteiger partial charge in [-0.3, -0.25) is 4.98 Å². The molecule has 0 aliphatic heterocycles. The first kappa shape index (κ1) is 15.6. The molecule has 1 aromatic carbocycles. The molecule has 1 heterocycles. The molecule has 0 radical (unpaired) electrons. The number of halogens is 1. The second-order valence-corrected chi connectivity index (χ2v) is 4.97. The minimum atomic E-state index is 0.0493. The molecule has 0 amide bonds. The number of nitrogens with one attached hydrogen (secondary N) is 1. The maximum atomic E-state index is 5.86. The largest absolute Gasteiger partial charge is 0.495 e. The summed E-state index contributed by atoms with van der Waals surface area (Å²) in [7, 11) is 1.63. The van der Waals surface area contributed by atoms with Gasteiger partial charge in [0.2, 0.25) is 0 Å². The topological polar surface area (TPSA) is 43.4 Å². The van der Waals surface area contributed by atoms with E-state index in [0.29, 0.717) is 11.6 Å². The summed E-state index contributed by atoms with van der Waals surface area (Å²) in [5.74, 6) is 1.53. The van der Waals surface area contributed by atoms with Crippen LogP contribution in [0.1, 0.15) is 18.5 Å². The Kier molecular flexibility index (Phi) is 5.84. The number of rotatable bonds is 7. The Morgan fingerprint density at radius 3 is 2.62 bits per heavy atom. The van der Waals surface area contributed by atoms with E-state index in [2.05, 4.69) is 17.2 Å². The summed E-state index contributed by atoms with van der Waals surface area (Å²) in [6.45, 7) is 3.40. The zero-order valence-corrected chi connectivity index (χ0v) is 12.9. The number of ether oxygens (including phenoxy) is 2. The van der Waals surface area contributed by atoms with Gasteiger partial charge in [-0.2, -0.15) is 0 Å². The molecule has 0 fully saturated rings. The van der Waals surface area contributed by atoms with Crippen LogP contribution in [-0.2, 0) is 0 Å². The van der Waals surface area contributed by atoms with Crippen LogP contribution in [0.5, 0.6) is 11.5 Å². The third kappa shape index (κ3) is 4.62. The summed E-state index contributed by atoms with van der Waals surface area (Å²) >= 11 is 5.86. The van der Waals surface area contributed by atoms with Crippen LogP contribution in [0.4, 0.5) is 0 Å². The minimum absolute atomic E-state index is 0.0493. The maximum Gasteiger partial charge on any atom is 0.137 e. The van der Waals surface area contributed by atoms with Crippen molar-refractivity contribution in [3.63, 3.8) is 0 Å². The summed E-state index contributed by atoms with van der Waals surface area (Å²) in [5, 5.41) is 4.08. The van der Waals surface area contributed by atoms with Gasteiger partial charge in [-0.15, -0.1) is 0 Å². The maximum absolute atomic E-state index is 5.86. The van der Waals surface area contributed by atoms with Crippen molar-refractivity contribution in [2.24, 2.45) is 0 Å². The molecule has 1 atom stereocenters. The van der Waals surface area contributed by atoms with E-state index in [1.165, 1.54) is 0 Å². The lowest BCUT2D eigenvalue weighted by atomic mass is 10.1. The van der Waals surface area contributed by atoms with Crippen molar-refractivity contribution < 1.29 is 9.47 Å². The van der Waals surface area contributed by atoms with Crippen molar-refractivity contribution in [2.45, 2.75) is 13.0 Å². The fraction of sp³-hybridized carbons (Fsp3) is 0.312. The monoisotopic (exact) mass is 306 g/mol. The van der Waals surface area contributed by atoms with Gasteiger partial charge in [-0.25, -0.2) is 0 Å². The molecule has 0 saturated carbocycles.